The molecule has 0 aromatic carbocycles. The Kier molecular flexibility index (Phi) is 6.18. The van der Waals surface area contributed by atoms with Gasteiger partial charge in [-0.2, -0.15) is 4.42 Å². The molecule has 0 aliphatic carbocycles. The Hall–Kier alpha value is -2.81. The van der Waals surface area contributed by atoms with Gasteiger partial charge in [-0.25, -0.2) is 9.18 Å². The zero-order valence-electron chi connectivity index (χ0n) is 13.1. The first-order valence-corrected chi connectivity index (χ1v) is 7.52. The molecule has 8 nitrogen and oxygen atoms in total. The fourth-order valence-electron chi connectivity index (χ4n) is 1.84. The van der Waals surface area contributed by atoms with Crippen molar-refractivity contribution in [1.82, 2.24) is 14.6 Å². The highest BCUT2D eigenvalue weighted by atomic mass is 35.5. The number of amides is 2. The summed E-state index contributed by atoms with van der Waals surface area (Å²) in [5.74, 6) is -1.60. The van der Waals surface area contributed by atoms with Crippen molar-refractivity contribution in [2.75, 3.05) is 6.61 Å². The fourth-order valence-corrected chi connectivity index (χ4v) is 2.01. The Morgan fingerprint density at radius 3 is 2.52 bits per heavy atom. The summed E-state index contributed by atoms with van der Waals surface area (Å²) in [6, 6.07) is 2.64. The van der Waals surface area contributed by atoms with E-state index in [1.165, 1.54) is 18.4 Å². The zero-order valence-corrected chi connectivity index (χ0v) is 13.8. The number of carbonyl (C=O) groups excluding carboxylic acids is 3. The first-order valence-electron chi connectivity index (χ1n) is 7.19. The molecule has 3 rings (SSSR count). The monoisotopic (exact) mass is 369 g/mol. The Morgan fingerprint density at radius 2 is 2.04 bits per heavy atom. The van der Waals surface area contributed by atoms with Gasteiger partial charge < -0.3 is 9.26 Å². The highest BCUT2D eigenvalue weighted by Gasteiger charge is 2.26. The van der Waals surface area contributed by atoms with Gasteiger partial charge in [0.15, 0.2) is 0 Å². The standard InChI is InChI=1S/C11H9FN2O3.C4H4ClNO2/c1-2-16-11(15)8-6-17-14-10(8)9-4-3-7(12)5-13-9;5-6-3(7)1-2-4(6)8/h3-6H,2H2,1H3;1-2H2. The van der Waals surface area contributed by atoms with Crippen molar-refractivity contribution in [3.63, 3.8) is 0 Å². The third-order valence-corrected chi connectivity index (χ3v) is 3.40. The molecule has 0 radical (unpaired) electrons. The molecular weight excluding hydrogens is 357 g/mol. The summed E-state index contributed by atoms with van der Waals surface area (Å²) in [5, 5.41) is 3.66. The fraction of sp³-hybridized carbons (Fsp3) is 0.267. The molecule has 25 heavy (non-hydrogen) atoms. The third kappa shape index (κ3) is 4.60. The van der Waals surface area contributed by atoms with Gasteiger partial charge in [-0.3, -0.25) is 14.6 Å². The molecule has 132 valence electrons. The van der Waals surface area contributed by atoms with E-state index in [4.69, 9.17) is 21.0 Å². The molecule has 2 aromatic rings. The summed E-state index contributed by atoms with van der Waals surface area (Å²) in [7, 11) is 0. The van der Waals surface area contributed by atoms with Crippen molar-refractivity contribution in [2.45, 2.75) is 19.8 Å². The lowest BCUT2D eigenvalue weighted by Gasteiger charge is -2.00. The lowest BCUT2D eigenvalue weighted by atomic mass is 10.2. The van der Waals surface area contributed by atoms with E-state index in [1.54, 1.807) is 6.92 Å². The van der Waals surface area contributed by atoms with Crippen LogP contribution in [0.5, 0.6) is 0 Å². The molecule has 0 atom stereocenters. The van der Waals surface area contributed by atoms with E-state index in [-0.39, 0.29) is 42.5 Å². The first kappa shape index (κ1) is 18.5. The van der Waals surface area contributed by atoms with Crippen LogP contribution in [0.3, 0.4) is 0 Å². The van der Waals surface area contributed by atoms with Crippen LogP contribution in [0.25, 0.3) is 11.4 Å². The van der Waals surface area contributed by atoms with E-state index in [9.17, 15) is 18.8 Å². The first-order chi connectivity index (χ1) is 11.9. The minimum absolute atomic E-state index is 0.172. The number of rotatable bonds is 3. The van der Waals surface area contributed by atoms with Gasteiger partial charge in [0, 0.05) is 24.6 Å². The molecule has 3 heterocycles. The predicted molar refractivity (Wildman–Crippen MR) is 82.6 cm³/mol. The van der Waals surface area contributed by atoms with Gasteiger partial charge in [-0.05, 0) is 19.1 Å². The second-order valence-electron chi connectivity index (χ2n) is 4.73. The molecule has 0 spiro atoms. The third-order valence-electron chi connectivity index (χ3n) is 3.03. The quantitative estimate of drug-likeness (QED) is 0.464. The molecule has 0 saturated carbocycles. The predicted octanol–water partition coefficient (Wildman–Crippen LogP) is 2.34. The maximum atomic E-state index is 12.7. The number of hydrogen-bond acceptors (Lipinski definition) is 7. The van der Waals surface area contributed by atoms with Crippen LogP contribution in [0.1, 0.15) is 30.1 Å². The van der Waals surface area contributed by atoms with E-state index >= 15 is 0 Å². The second kappa shape index (κ2) is 8.34. The Labute approximate surface area is 146 Å². The van der Waals surface area contributed by atoms with Crippen LogP contribution in [0, 0.1) is 5.82 Å². The minimum Gasteiger partial charge on any atom is -0.462 e. The van der Waals surface area contributed by atoms with Gasteiger partial charge in [-0.15, -0.1) is 0 Å². The van der Waals surface area contributed by atoms with Crippen molar-refractivity contribution < 1.29 is 28.0 Å². The van der Waals surface area contributed by atoms with Gasteiger partial charge in [0.2, 0.25) is 11.8 Å². The van der Waals surface area contributed by atoms with Gasteiger partial charge in [0.25, 0.3) is 0 Å². The van der Waals surface area contributed by atoms with Crippen LogP contribution < -0.4 is 0 Å². The van der Waals surface area contributed by atoms with Crippen LogP contribution in [-0.4, -0.2) is 39.0 Å². The van der Waals surface area contributed by atoms with E-state index < -0.39 is 11.8 Å². The summed E-state index contributed by atoms with van der Waals surface area (Å²) in [6.45, 7) is 1.95. The van der Waals surface area contributed by atoms with Crippen molar-refractivity contribution in [3.05, 3.63) is 36.0 Å². The molecule has 1 aliphatic heterocycles. The van der Waals surface area contributed by atoms with Gasteiger partial charge in [0.1, 0.15) is 23.3 Å². The summed E-state index contributed by atoms with van der Waals surface area (Å²) >= 11 is 5.15. The number of halogens is 2. The maximum Gasteiger partial charge on any atom is 0.343 e. The smallest absolute Gasteiger partial charge is 0.343 e. The van der Waals surface area contributed by atoms with Crippen LogP contribution in [0.4, 0.5) is 4.39 Å². The van der Waals surface area contributed by atoms with Gasteiger partial charge in [0.05, 0.1) is 18.5 Å². The minimum atomic E-state index is -0.546. The van der Waals surface area contributed by atoms with E-state index in [0.717, 1.165) is 6.20 Å². The Balaban J connectivity index is 0.000000236. The van der Waals surface area contributed by atoms with Crippen molar-refractivity contribution in [1.29, 1.82) is 0 Å². The Morgan fingerprint density at radius 1 is 1.36 bits per heavy atom. The molecule has 1 fully saturated rings. The highest BCUT2D eigenvalue weighted by molar-refractivity contribution is 6.32. The lowest BCUT2D eigenvalue weighted by Crippen LogP contribution is -2.16. The largest absolute Gasteiger partial charge is 0.462 e. The molecule has 0 bridgehead atoms. The molecule has 2 aromatic heterocycles. The number of ether oxygens (including phenoxy) is 1. The lowest BCUT2D eigenvalue weighted by molar-refractivity contribution is -0.132. The van der Waals surface area contributed by atoms with Crippen LogP contribution in [0.15, 0.2) is 29.1 Å². The number of carbonyl (C=O) groups is 3. The number of hydrogen-bond donors (Lipinski definition) is 0. The molecule has 0 unspecified atom stereocenters. The second-order valence-corrected chi connectivity index (χ2v) is 5.07. The molecule has 2 amide bonds. The molecule has 1 saturated heterocycles. The van der Waals surface area contributed by atoms with Crippen molar-refractivity contribution >= 4 is 29.6 Å². The normalized spacial score (nSPS) is 13.5. The summed E-state index contributed by atoms with van der Waals surface area (Å²) in [4.78, 5) is 36.1. The average molecular weight is 370 g/mol. The van der Waals surface area contributed by atoms with E-state index in [0.29, 0.717) is 10.1 Å². The number of esters is 1. The van der Waals surface area contributed by atoms with Crippen molar-refractivity contribution in [2.24, 2.45) is 0 Å². The van der Waals surface area contributed by atoms with Gasteiger partial charge in [-0.1, -0.05) is 5.16 Å². The number of imide groups is 1. The van der Waals surface area contributed by atoms with Crippen LogP contribution in [0.2, 0.25) is 0 Å². The number of pyridine rings is 1. The SMILES string of the molecule is CCOC(=O)c1conc1-c1ccc(F)cn1.O=C1CCC(=O)N1Cl. The summed E-state index contributed by atoms with van der Waals surface area (Å²) < 4.78 is 22.9. The van der Waals surface area contributed by atoms with E-state index in [2.05, 4.69) is 10.1 Å². The highest BCUT2D eigenvalue weighted by Crippen LogP contribution is 2.20. The molecule has 0 N–H and O–H groups in total. The summed E-state index contributed by atoms with van der Waals surface area (Å²) in [6.07, 6.45) is 2.75. The topological polar surface area (TPSA) is 103 Å². The molecule has 1 aliphatic rings. The molecule has 10 heteroatoms. The maximum absolute atomic E-state index is 12.7. The van der Waals surface area contributed by atoms with E-state index in [1.807, 2.05) is 0 Å². The zero-order chi connectivity index (χ0) is 18.4. The Bertz CT molecular complexity index is 762. The van der Waals surface area contributed by atoms with Crippen LogP contribution in [-0.2, 0) is 14.3 Å². The van der Waals surface area contributed by atoms with Crippen molar-refractivity contribution in [3.8, 4) is 11.4 Å². The molecular formula is C15H13ClFN3O5. The van der Waals surface area contributed by atoms with Gasteiger partial charge >= 0.3 is 5.97 Å². The number of aromatic nitrogens is 2. The van der Waals surface area contributed by atoms with Crippen LogP contribution >= 0.6 is 11.8 Å². The number of nitrogens with zero attached hydrogens (tertiary/aromatic N) is 3. The average Bonchev–Trinajstić information content (AvgIpc) is 3.19. The summed E-state index contributed by atoms with van der Waals surface area (Å²) in [5.41, 5.74) is 0.762.